The van der Waals surface area contributed by atoms with E-state index < -0.39 is 0 Å². The average molecular weight is 252 g/mol. The van der Waals surface area contributed by atoms with Gasteiger partial charge in [-0.15, -0.1) is 0 Å². The molecule has 3 fully saturated rings. The van der Waals surface area contributed by atoms with E-state index in [9.17, 15) is 9.90 Å². The quantitative estimate of drug-likeness (QED) is 0.713. The molecular formula is C14H24N2O2. The molecule has 102 valence electrons. The van der Waals surface area contributed by atoms with Gasteiger partial charge in [0.15, 0.2) is 0 Å². The van der Waals surface area contributed by atoms with E-state index >= 15 is 0 Å². The first kappa shape index (κ1) is 12.3. The second-order valence-electron chi connectivity index (χ2n) is 6.16. The molecule has 18 heavy (non-hydrogen) atoms. The molecule has 0 aromatic rings. The molecule has 2 aliphatic heterocycles. The van der Waals surface area contributed by atoms with E-state index in [-0.39, 0.29) is 12.1 Å². The van der Waals surface area contributed by atoms with Crippen LogP contribution in [0.15, 0.2) is 0 Å². The Bertz CT molecular complexity index is 313. The van der Waals surface area contributed by atoms with Crippen LogP contribution in [0.4, 0.5) is 4.79 Å². The minimum Gasteiger partial charge on any atom is -0.393 e. The van der Waals surface area contributed by atoms with Gasteiger partial charge in [-0.3, -0.25) is 0 Å². The van der Waals surface area contributed by atoms with Crippen molar-refractivity contribution in [2.24, 2.45) is 11.8 Å². The Balaban J connectivity index is 1.60. The highest BCUT2D eigenvalue weighted by Gasteiger charge is 2.44. The van der Waals surface area contributed by atoms with Gasteiger partial charge in [0.25, 0.3) is 0 Å². The van der Waals surface area contributed by atoms with Gasteiger partial charge >= 0.3 is 6.03 Å². The number of hydrogen-bond donors (Lipinski definition) is 1. The van der Waals surface area contributed by atoms with Crippen LogP contribution in [0.1, 0.15) is 38.5 Å². The predicted octanol–water partition coefficient (Wildman–Crippen LogP) is 1.69. The van der Waals surface area contributed by atoms with E-state index in [2.05, 4.69) is 0 Å². The Morgan fingerprint density at radius 2 is 1.67 bits per heavy atom. The van der Waals surface area contributed by atoms with E-state index in [4.69, 9.17) is 0 Å². The molecule has 0 spiro atoms. The van der Waals surface area contributed by atoms with Crippen LogP contribution >= 0.6 is 0 Å². The summed E-state index contributed by atoms with van der Waals surface area (Å²) in [6, 6.07) is 0.221. The molecule has 0 aromatic heterocycles. The zero-order chi connectivity index (χ0) is 12.5. The molecule has 4 heteroatoms. The Hall–Kier alpha value is -0.770. The van der Waals surface area contributed by atoms with Crippen LogP contribution < -0.4 is 0 Å². The summed E-state index contributed by atoms with van der Waals surface area (Å²) >= 11 is 0. The van der Waals surface area contributed by atoms with E-state index in [1.54, 1.807) is 0 Å². The van der Waals surface area contributed by atoms with E-state index in [1.807, 2.05) is 9.80 Å². The van der Waals surface area contributed by atoms with Gasteiger partial charge in [0.2, 0.25) is 0 Å². The number of amides is 2. The van der Waals surface area contributed by atoms with Gasteiger partial charge in [-0.25, -0.2) is 4.79 Å². The number of nitrogens with zero attached hydrogens (tertiary/aromatic N) is 2. The van der Waals surface area contributed by atoms with Crippen LogP contribution in [-0.4, -0.2) is 53.2 Å². The third-order valence-corrected chi connectivity index (χ3v) is 4.97. The largest absolute Gasteiger partial charge is 0.393 e. The van der Waals surface area contributed by atoms with Crippen LogP contribution in [-0.2, 0) is 0 Å². The maximum absolute atomic E-state index is 12.5. The summed E-state index contributed by atoms with van der Waals surface area (Å²) in [5, 5.41) is 9.90. The molecule has 3 unspecified atom stereocenters. The summed E-state index contributed by atoms with van der Waals surface area (Å²) in [6.07, 6.45) is 6.67. The zero-order valence-corrected chi connectivity index (χ0v) is 11.1. The number of likely N-dealkylation sites (tertiary alicyclic amines) is 2. The maximum Gasteiger partial charge on any atom is 0.320 e. The van der Waals surface area contributed by atoms with Crippen LogP contribution in [0.2, 0.25) is 0 Å². The van der Waals surface area contributed by atoms with E-state index in [0.717, 1.165) is 51.9 Å². The third kappa shape index (κ3) is 2.22. The molecule has 3 aliphatic rings. The Labute approximate surface area is 109 Å². The van der Waals surface area contributed by atoms with Crippen LogP contribution in [0.5, 0.6) is 0 Å². The number of carbonyl (C=O) groups excluding carboxylic acids is 1. The number of urea groups is 1. The smallest absolute Gasteiger partial charge is 0.320 e. The molecule has 2 saturated heterocycles. The van der Waals surface area contributed by atoms with Crippen molar-refractivity contribution in [1.82, 2.24) is 9.80 Å². The molecule has 3 rings (SSSR count). The van der Waals surface area contributed by atoms with Crippen molar-refractivity contribution < 1.29 is 9.90 Å². The van der Waals surface area contributed by atoms with Crippen LogP contribution in [0.3, 0.4) is 0 Å². The Kier molecular flexibility index (Phi) is 3.46. The molecule has 2 amide bonds. The highest BCUT2D eigenvalue weighted by atomic mass is 16.3. The second kappa shape index (κ2) is 5.08. The number of fused-ring (bicyclic) bond motifs is 1. The Morgan fingerprint density at radius 1 is 0.944 bits per heavy atom. The summed E-state index contributed by atoms with van der Waals surface area (Å²) < 4.78 is 0. The Morgan fingerprint density at radius 3 is 2.33 bits per heavy atom. The van der Waals surface area contributed by atoms with Crippen molar-refractivity contribution in [3.8, 4) is 0 Å². The van der Waals surface area contributed by atoms with Crippen LogP contribution in [0, 0.1) is 11.8 Å². The topological polar surface area (TPSA) is 43.8 Å². The van der Waals surface area contributed by atoms with Gasteiger partial charge in [-0.05, 0) is 31.6 Å². The summed E-state index contributed by atoms with van der Waals surface area (Å²) in [7, 11) is 0. The minimum absolute atomic E-state index is 0.170. The normalized spacial score (nSPS) is 36.6. The van der Waals surface area contributed by atoms with Gasteiger partial charge in [-0.2, -0.15) is 0 Å². The first-order chi connectivity index (χ1) is 8.75. The summed E-state index contributed by atoms with van der Waals surface area (Å²) in [4.78, 5) is 16.5. The molecular weight excluding hydrogens is 228 g/mol. The molecule has 1 N–H and O–H groups in total. The van der Waals surface area contributed by atoms with Crippen molar-refractivity contribution in [2.75, 3.05) is 26.2 Å². The maximum atomic E-state index is 12.5. The number of carbonyl (C=O) groups is 1. The molecule has 0 radical (unpaired) electrons. The van der Waals surface area contributed by atoms with Gasteiger partial charge in [0, 0.05) is 32.1 Å². The summed E-state index contributed by atoms with van der Waals surface area (Å²) in [6.45, 7) is 3.50. The lowest BCUT2D eigenvalue weighted by Crippen LogP contribution is -2.43. The predicted molar refractivity (Wildman–Crippen MR) is 69.2 cm³/mol. The second-order valence-corrected chi connectivity index (χ2v) is 6.16. The fourth-order valence-electron chi connectivity index (χ4n) is 3.85. The van der Waals surface area contributed by atoms with Crippen molar-refractivity contribution in [1.29, 1.82) is 0 Å². The first-order valence-electron chi connectivity index (χ1n) is 7.47. The van der Waals surface area contributed by atoms with Crippen LogP contribution in [0.25, 0.3) is 0 Å². The van der Waals surface area contributed by atoms with Gasteiger partial charge in [-0.1, -0.05) is 12.8 Å². The SMILES string of the molecule is O=C(N1CCCCCC1)N1CC2CCC(O)C2C1. The number of aliphatic hydroxyl groups excluding tert-OH is 1. The summed E-state index contributed by atoms with van der Waals surface area (Å²) in [5.74, 6) is 0.900. The molecule has 2 heterocycles. The fourth-order valence-corrected chi connectivity index (χ4v) is 3.85. The van der Waals surface area contributed by atoms with Crippen molar-refractivity contribution >= 4 is 6.03 Å². The zero-order valence-electron chi connectivity index (χ0n) is 11.1. The molecule has 3 atom stereocenters. The fraction of sp³-hybridized carbons (Fsp3) is 0.929. The highest BCUT2D eigenvalue weighted by molar-refractivity contribution is 5.75. The number of aliphatic hydroxyl groups is 1. The lowest BCUT2D eigenvalue weighted by molar-refractivity contribution is 0.121. The van der Waals surface area contributed by atoms with Crippen molar-refractivity contribution in [3.63, 3.8) is 0 Å². The highest BCUT2D eigenvalue weighted by Crippen LogP contribution is 2.38. The van der Waals surface area contributed by atoms with Gasteiger partial charge < -0.3 is 14.9 Å². The van der Waals surface area contributed by atoms with Crippen molar-refractivity contribution in [3.05, 3.63) is 0 Å². The molecule has 4 nitrogen and oxygen atoms in total. The first-order valence-corrected chi connectivity index (χ1v) is 7.47. The van der Waals surface area contributed by atoms with E-state index in [1.165, 1.54) is 12.8 Å². The average Bonchev–Trinajstić information content (AvgIpc) is 2.81. The van der Waals surface area contributed by atoms with E-state index in [0.29, 0.717) is 11.8 Å². The number of rotatable bonds is 0. The lowest BCUT2D eigenvalue weighted by atomic mass is 10.00. The molecule has 0 bridgehead atoms. The third-order valence-electron chi connectivity index (χ3n) is 4.97. The molecule has 0 aromatic carbocycles. The summed E-state index contributed by atoms with van der Waals surface area (Å²) in [5.41, 5.74) is 0. The van der Waals surface area contributed by atoms with Crippen molar-refractivity contribution in [2.45, 2.75) is 44.6 Å². The number of hydrogen-bond acceptors (Lipinski definition) is 2. The van der Waals surface area contributed by atoms with Gasteiger partial charge in [0.1, 0.15) is 0 Å². The molecule has 1 aliphatic carbocycles. The minimum atomic E-state index is -0.170. The monoisotopic (exact) mass is 252 g/mol. The van der Waals surface area contributed by atoms with Gasteiger partial charge in [0.05, 0.1) is 6.10 Å². The molecule has 1 saturated carbocycles. The lowest BCUT2D eigenvalue weighted by Gasteiger charge is -2.27. The standard InChI is InChI=1S/C14H24N2O2/c17-13-6-5-11-9-16(10-12(11)13)14(18)15-7-3-1-2-4-8-15/h11-13,17H,1-10H2.